The van der Waals surface area contributed by atoms with E-state index in [4.69, 9.17) is 0 Å². The van der Waals surface area contributed by atoms with E-state index in [-0.39, 0.29) is 18.0 Å². The third-order valence-corrected chi connectivity index (χ3v) is 5.98. The van der Waals surface area contributed by atoms with E-state index in [9.17, 15) is 18.5 Å². The van der Waals surface area contributed by atoms with Crippen LogP contribution in [0.3, 0.4) is 0 Å². The maximum absolute atomic E-state index is 12.4. The summed E-state index contributed by atoms with van der Waals surface area (Å²) < 4.78 is 29.4. The number of non-ortho nitro benzene ring substituents is 1. The van der Waals surface area contributed by atoms with E-state index in [1.165, 1.54) is 24.3 Å². The van der Waals surface area contributed by atoms with Crippen molar-refractivity contribution in [3.63, 3.8) is 0 Å². The highest BCUT2D eigenvalue weighted by Crippen LogP contribution is 2.17. The molecule has 0 spiro atoms. The van der Waals surface area contributed by atoms with E-state index in [2.05, 4.69) is 9.82 Å². The van der Waals surface area contributed by atoms with Gasteiger partial charge in [-0.1, -0.05) is 42.5 Å². The minimum absolute atomic E-state index is 0.0730. The van der Waals surface area contributed by atoms with E-state index in [1.807, 2.05) is 48.9 Å². The lowest BCUT2D eigenvalue weighted by Gasteiger charge is -2.08. The lowest BCUT2D eigenvalue weighted by molar-refractivity contribution is -0.384. The van der Waals surface area contributed by atoms with Crippen molar-refractivity contribution in [3.05, 3.63) is 92.8 Å². The number of hydrogen-bond donors (Lipinski definition) is 1. The van der Waals surface area contributed by atoms with Crippen LogP contribution in [-0.4, -0.2) is 23.1 Å². The zero-order chi connectivity index (χ0) is 21.0. The summed E-state index contributed by atoms with van der Waals surface area (Å²) in [6.07, 6.45) is 0. The van der Waals surface area contributed by atoms with E-state index in [0.29, 0.717) is 12.1 Å². The molecule has 0 saturated carbocycles. The first kappa shape index (κ1) is 20.7. The lowest BCUT2D eigenvalue weighted by atomic mass is 10.2. The Morgan fingerprint density at radius 2 is 1.69 bits per heavy atom. The predicted molar refractivity (Wildman–Crippen MR) is 110 cm³/mol. The van der Waals surface area contributed by atoms with Crippen LogP contribution in [0.5, 0.6) is 0 Å². The Hall–Kier alpha value is -3.04. The molecule has 9 heteroatoms. The molecule has 1 heterocycles. The minimum Gasteiger partial charge on any atom is -0.265 e. The summed E-state index contributed by atoms with van der Waals surface area (Å²) in [6.45, 7) is 4.53. The highest BCUT2D eigenvalue weighted by atomic mass is 32.2. The number of hydrogen-bond acceptors (Lipinski definition) is 5. The second-order valence-electron chi connectivity index (χ2n) is 6.80. The molecule has 0 saturated heterocycles. The molecule has 0 amide bonds. The number of aromatic nitrogens is 2. The van der Waals surface area contributed by atoms with E-state index in [0.717, 1.165) is 22.5 Å². The second-order valence-corrected chi connectivity index (χ2v) is 8.60. The number of rotatable bonds is 8. The fourth-order valence-electron chi connectivity index (χ4n) is 3.07. The predicted octanol–water partition coefficient (Wildman–Crippen LogP) is 3.08. The summed E-state index contributed by atoms with van der Waals surface area (Å²) in [5.41, 5.74) is 4.05. The van der Waals surface area contributed by atoms with Gasteiger partial charge in [-0.05, 0) is 25.0 Å². The Kier molecular flexibility index (Phi) is 6.09. The summed E-state index contributed by atoms with van der Waals surface area (Å²) in [4.78, 5) is 10.2. The molecular weight excluding hydrogens is 392 g/mol. The van der Waals surface area contributed by atoms with Crippen LogP contribution in [0, 0.1) is 24.0 Å². The van der Waals surface area contributed by atoms with Gasteiger partial charge in [0.2, 0.25) is 10.0 Å². The van der Waals surface area contributed by atoms with Crippen molar-refractivity contribution in [3.8, 4) is 0 Å². The summed E-state index contributed by atoms with van der Waals surface area (Å²) in [5.74, 6) is -0.249. The van der Waals surface area contributed by atoms with Crippen molar-refractivity contribution < 1.29 is 13.3 Å². The van der Waals surface area contributed by atoms with Gasteiger partial charge < -0.3 is 0 Å². The molecule has 0 radical (unpaired) electrons. The van der Waals surface area contributed by atoms with Crippen LogP contribution >= 0.6 is 0 Å². The molecule has 3 aromatic rings. The normalized spacial score (nSPS) is 11.5. The van der Waals surface area contributed by atoms with Crippen LogP contribution in [0.1, 0.15) is 28.1 Å². The SMILES string of the molecule is Cc1nn(Cc2ccccc2)c(C)c1CNS(=O)(=O)Cc1ccc([N+](=O)[O-])cc1. The number of nitro benzene ring substituents is 1. The summed E-state index contributed by atoms with van der Waals surface area (Å²) in [5, 5.41) is 15.2. The first-order valence-corrected chi connectivity index (χ1v) is 10.7. The quantitative estimate of drug-likeness (QED) is 0.450. The van der Waals surface area contributed by atoms with Crippen molar-refractivity contribution in [1.82, 2.24) is 14.5 Å². The molecule has 0 aliphatic heterocycles. The Balaban J connectivity index is 1.67. The minimum atomic E-state index is -3.61. The molecule has 0 aliphatic rings. The topological polar surface area (TPSA) is 107 Å². The molecule has 0 bridgehead atoms. The molecule has 0 fully saturated rings. The number of aryl methyl sites for hydroxylation is 1. The summed E-state index contributed by atoms with van der Waals surface area (Å²) >= 11 is 0. The number of nitro groups is 1. The van der Waals surface area contributed by atoms with Gasteiger partial charge in [0.15, 0.2) is 0 Å². The number of sulfonamides is 1. The standard InChI is InChI=1S/C20H22N4O4S/c1-15-20(16(2)23(22-15)13-17-6-4-3-5-7-17)12-21-29(27,28)14-18-8-10-19(11-9-18)24(25)26/h3-11,21H,12-14H2,1-2H3. The largest absolute Gasteiger partial charge is 0.269 e. The van der Waals surface area contributed by atoms with Crippen LogP contribution in [0.2, 0.25) is 0 Å². The third-order valence-electron chi connectivity index (χ3n) is 4.68. The Morgan fingerprint density at radius 1 is 1.03 bits per heavy atom. The van der Waals surface area contributed by atoms with Crippen molar-refractivity contribution in [2.24, 2.45) is 0 Å². The molecule has 2 aromatic carbocycles. The van der Waals surface area contributed by atoms with Crippen LogP contribution in [-0.2, 0) is 28.9 Å². The van der Waals surface area contributed by atoms with E-state index >= 15 is 0 Å². The van der Waals surface area contributed by atoms with Gasteiger partial charge in [-0.25, -0.2) is 13.1 Å². The van der Waals surface area contributed by atoms with Crippen molar-refractivity contribution in [2.75, 3.05) is 0 Å². The molecule has 152 valence electrons. The molecular formula is C20H22N4O4S. The van der Waals surface area contributed by atoms with Crippen LogP contribution in [0.4, 0.5) is 5.69 Å². The van der Waals surface area contributed by atoms with Gasteiger partial charge in [0.05, 0.1) is 22.9 Å². The molecule has 0 atom stereocenters. The van der Waals surface area contributed by atoms with Crippen LogP contribution in [0.15, 0.2) is 54.6 Å². The highest BCUT2D eigenvalue weighted by molar-refractivity contribution is 7.88. The molecule has 1 aromatic heterocycles. The summed E-state index contributed by atoms with van der Waals surface area (Å²) in [7, 11) is -3.61. The smallest absolute Gasteiger partial charge is 0.265 e. The van der Waals surface area contributed by atoms with E-state index < -0.39 is 14.9 Å². The Bertz CT molecular complexity index is 1110. The van der Waals surface area contributed by atoms with Crippen molar-refractivity contribution in [1.29, 1.82) is 0 Å². The van der Waals surface area contributed by atoms with Gasteiger partial charge in [0, 0.05) is 29.9 Å². The highest BCUT2D eigenvalue weighted by Gasteiger charge is 2.17. The molecule has 3 rings (SSSR count). The van der Waals surface area contributed by atoms with Gasteiger partial charge >= 0.3 is 0 Å². The van der Waals surface area contributed by atoms with Gasteiger partial charge in [-0.2, -0.15) is 5.10 Å². The number of nitrogens with one attached hydrogen (secondary N) is 1. The van der Waals surface area contributed by atoms with Crippen molar-refractivity contribution >= 4 is 15.7 Å². The maximum Gasteiger partial charge on any atom is 0.269 e. The van der Waals surface area contributed by atoms with Gasteiger partial charge in [-0.3, -0.25) is 14.8 Å². The fourth-order valence-corrected chi connectivity index (χ4v) is 4.16. The first-order chi connectivity index (χ1) is 13.7. The van der Waals surface area contributed by atoms with Gasteiger partial charge in [0.1, 0.15) is 0 Å². The van der Waals surface area contributed by atoms with Gasteiger partial charge in [0.25, 0.3) is 5.69 Å². The molecule has 8 nitrogen and oxygen atoms in total. The second kappa shape index (κ2) is 8.54. The summed E-state index contributed by atoms with van der Waals surface area (Å²) in [6, 6.07) is 15.4. The zero-order valence-electron chi connectivity index (χ0n) is 16.2. The molecule has 0 aliphatic carbocycles. The number of benzene rings is 2. The lowest BCUT2D eigenvalue weighted by Crippen LogP contribution is -2.25. The van der Waals surface area contributed by atoms with Crippen LogP contribution < -0.4 is 4.72 Å². The fraction of sp³-hybridized carbons (Fsp3) is 0.250. The maximum atomic E-state index is 12.4. The van der Waals surface area contributed by atoms with Crippen LogP contribution in [0.25, 0.3) is 0 Å². The molecule has 29 heavy (non-hydrogen) atoms. The molecule has 1 N–H and O–H groups in total. The van der Waals surface area contributed by atoms with E-state index in [1.54, 1.807) is 0 Å². The van der Waals surface area contributed by atoms with Crippen molar-refractivity contribution in [2.45, 2.75) is 32.7 Å². The average molecular weight is 414 g/mol. The molecule has 0 unspecified atom stereocenters. The Labute approximate surface area is 169 Å². The zero-order valence-corrected chi connectivity index (χ0v) is 17.0. The monoisotopic (exact) mass is 414 g/mol. The number of nitrogens with zero attached hydrogens (tertiary/aromatic N) is 3. The third kappa shape index (κ3) is 5.27. The van der Waals surface area contributed by atoms with Gasteiger partial charge in [-0.15, -0.1) is 0 Å². The Morgan fingerprint density at radius 3 is 2.31 bits per heavy atom. The first-order valence-electron chi connectivity index (χ1n) is 9.02. The average Bonchev–Trinajstić information content (AvgIpc) is 2.94.